The Hall–Kier alpha value is -0.610. The number of aromatic nitrogens is 1. The highest BCUT2D eigenvalue weighted by Crippen LogP contribution is 2.44. The second kappa shape index (κ2) is 3.64. The number of nitrogens with zero attached hydrogens (tertiary/aromatic N) is 1. The van der Waals surface area contributed by atoms with Crippen molar-refractivity contribution < 1.29 is 4.74 Å². The Balaban J connectivity index is 2.10. The van der Waals surface area contributed by atoms with Crippen LogP contribution in [0, 0.1) is 5.92 Å². The number of anilines is 1. The Morgan fingerprint density at radius 3 is 3.00 bits per heavy atom. The smallest absolute Gasteiger partial charge is 0.134 e. The average molecular weight is 198 g/mol. The molecule has 1 aromatic rings. The molecule has 0 aliphatic heterocycles. The van der Waals surface area contributed by atoms with Crippen molar-refractivity contribution in [2.45, 2.75) is 25.9 Å². The molecule has 1 aromatic heterocycles. The van der Waals surface area contributed by atoms with Gasteiger partial charge in [-0.15, -0.1) is 11.3 Å². The molecule has 13 heavy (non-hydrogen) atoms. The fourth-order valence-electron chi connectivity index (χ4n) is 1.42. The predicted octanol–water partition coefficient (Wildman–Crippen LogP) is 2.21. The van der Waals surface area contributed by atoms with Crippen LogP contribution in [0.15, 0.2) is 5.38 Å². The van der Waals surface area contributed by atoms with E-state index in [0.29, 0.717) is 11.7 Å². The Bertz CT molecular complexity index is 283. The molecule has 0 bridgehead atoms. The summed E-state index contributed by atoms with van der Waals surface area (Å²) in [6.45, 7) is 2.77. The van der Waals surface area contributed by atoms with Gasteiger partial charge < -0.3 is 10.5 Å². The minimum atomic E-state index is 0.201. The molecule has 1 unspecified atom stereocenters. The summed E-state index contributed by atoms with van der Waals surface area (Å²) in [6.07, 6.45) is 2.74. The van der Waals surface area contributed by atoms with Gasteiger partial charge in [0, 0.05) is 12.0 Å². The molecular formula is C9H14N2OS. The minimum absolute atomic E-state index is 0.201. The number of thiazole rings is 1. The number of nitrogen functional groups attached to an aromatic ring is 1. The van der Waals surface area contributed by atoms with Gasteiger partial charge in [0.25, 0.3) is 0 Å². The van der Waals surface area contributed by atoms with Crippen molar-refractivity contribution in [1.29, 1.82) is 0 Å². The highest BCUT2D eigenvalue weighted by atomic mass is 32.1. The fraction of sp³-hybridized carbons (Fsp3) is 0.667. The first-order valence-corrected chi connectivity index (χ1v) is 5.51. The van der Waals surface area contributed by atoms with Crippen LogP contribution in [0.5, 0.6) is 0 Å². The highest BCUT2D eigenvalue weighted by molar-refractivity contribution is 7.10. The van der Waals surface area contributed by atoms with Gasteiger partial charge in [0.2, 0.25) is 0 Å². The second-order valence-electron chi connectivity index (χ2n) is 3.32. The van der Waals surface area contributed by atoms with Crippen LogP contribution in [0.3, 0.4) is 0 Å². The summed E-state index contributed by atoms with van der Waals surface area (Å²) in [5.74, 6) is 1.30. The molecule has 0 amide bonds. The molecule has 2 N–H and O–H groups in total. The second-order valence-corrected chi connectivity index (χ2v) is 4.21. The number of hydrogen-bond acceptors (Lipinski definition) is 4. The molecule has 4 heteroatoms. The lowest BCUT2D eigenvalue weighted by Gasteiger charge is -2.12. The van der Waals surface area contributed by atoms with E-state index in [1.165, 1.54) is 12.8 Å². The molecule has 0 radical (unpaired) electrons. The maximum Gasteiger partial charge on any atom is 0.134 e. The molecule has 1 aliphatic carbocycles. The zero-order valence-electron chi connectivity index (χ0n) is 7.69. The van der Waals surface area contributed by atoms with Crippen LogP contribution < -0.4 is 5.73 Å². The lowest BCUT2D eigenvalue weighted by atomic mass is 10.2. The topological polar surface area (TPSA) is 48.1 Å². The van der Waals surface area contributed by atoms with Crippen LogP contribution in [0.1, 0.15) is 30.9 Å². The maximum atomic E-state index is 5.66. The molecule has 1 heterocycles. The zero-order chi connectivity index (χ0) is 9.26. The van der Waals surface area contributed by atoms with Crippen molar-refractivity contribution in [2.24, 2.45) is 5.92 Å². The van der Waals surface area contributed by atoms with Gasteiger partial charge in [-0.2, -0.15) is 0 Å². The van der Waals surface area contributed by atoms with Crippen molar-refractivity contribution in [1.82, 2.24) is 4.98 Å². The molecule has 1 atom stereocenters. The van der Waals surface area contributed by atoms with Gasteiger partial charge in [-0.05, 0) is 25.7 Å². The third kappa shape index (κ3) is 2.00. The molecule has 0 saturated heterocycles. The van der Waals surface area contributed by atoms with Crippen molar-refractivity contribution in [2.75, 3.05) is 12.3 Å². The third-order valence-electron chi connectivity index (χ3n) is 2.18. The summed E-state index contributed by atoms with van der Waals surface area (Å²) in [4.78, 5) is 4.26. The van der Waals surface area contributed by atoms with E-state index in [1.807, 2.05) is 12.3 Å². The van der Waals surface area contributed by atoms with Gasteiger partial charge in [-0.25, -0.2) is 4.98 Å². The largest absolute Gasteiger partial charge is 0.383 e. The van der Waals surface area contributed by atoms with Crippen LogP contribution >= 0.6 is 11.3 Å². The molecule has 1 fully saturated rings. The molecule has 1 saturated carbocycles. The van der Waals surface area contributed by atoms with Crippen LogP contribution in [0.25, 0.3) is 0 Å². The molecule has 2 rings (SSSR count). The van der Waals surface area contributed by atoms with Gasteiger partial charge in [0.15, 0.2) is 0 Å². The fourth-order valence-corrected chi connectivity index (χ4v) is 2.27. The quantitative estimate of drug-likeness (QED) is 0.807. The third-order valence-corrected chi connectivity index (χ3v) is 3.10. The van der Waals surface area contributed by atoms with E-state index in [1.54, 1.807) is 11.3 Å². The average Bonchev–Trinajstić information content (AvgIpc) is 2.85. The molecular weight excluding hydrogens is 184 g/mol. The first-order valence-electron chi connectivity index (χ1n) is 4.63. The van der Waals surface area contributed by atoms with Crippen LogP contribution in [-0.4, -0.2) is 11.6 Å². The van der Waals surface area contributed by atoms with Crippen molar-refractivity contribution >= 4 is 17.2 Å². The van der Waals surface area contributed by atoms with Gasteiger partial charge in [-0.3, -0.25) is 0 Å². The van der Waals surface area contributed by atoms with Gasteiger partial charge in [0.05, 0.1) is 0 Å². The summed E-state index contributed by atoms with van der Waals surface area (Å²) in [7, 11) is 0. The van der Waals surface area contributed by atoms with E-state index in [4.69, 9.17) is 10.5 Å². The molecule has 0 spiro atoms. The van der Waals surface area contributed by atoms with Crippen LogP contribution in [0.2, 0.25) is 0 Å². The van der Waals surface area contributed by atoms with E-state index < -0.39 is 0 Å². The summed E-state index contributed by atoms with van der Waals surface area (Å²) < 4.78 is 5.66. The SMILES string of the molecule is CCOC(c1nc(N)cs1)C1CC1. The molecule has 3 nitrogen and oxygen atoms in total. The summed E-state index contributed by atoms with van der Waals surface area (Å²) in [5.41, 5.74) is 5.58. The van der Waals surface area contributed by atoms with E-state index in [2.05, 4.69) is 4.98 Å². The number of nitrogens with two attached hydrogens (primary N) is 1. The minimum Gasteiger partial charge on any atom is -0.383 e. The van der Waals surface area contributed by atoms with Gasteiger partial charge in [-0.1, -0.05) is 0 Å². The number of rotatable bonds is 4. The number of hydrogen-bond donors (Lipinski definition) is 1. The van der Waals surface area contributed by atoms with E-state index in [0.717, 1.165) is 11.6 Å². The lowest BCUT2D eigenvalue weighted by molar-refractivity contribution is 0.0463. The summed E-state index contributed by atoms with van der Waals surface area (Å²) >= 11 is 1.60. The Labute approximate surface area is 81.9 Å². The highest BCUT2D eigenvalue weighted by Gasteiger charge is 2.34. The summed E-state index contributed by atoms with van der Waals surface area (Å²) in [5, 5.41) is 2.92. The summed E-state index contributed by atoms with van der Waals surface area (Å²) in [6, 6.07) is 0. The van der Waals surface area contributed by atoms with E-state index in [-0.39, 0.29) is 6.10 Å². The first-order chi connectivity index (χ1) is 6.31. The van der Waals surface area contributed by atoms with Gasteiger partial charge in [0.1, 0.15) is 16.9 Å². The van der Waals surface area contributed by atoms with Crippen LogP contribution in [-0.2, 0) is 4.74 Å². The van der Waals surface area contributed by atoms with E-state index >= 15 is 0 Å². The van der Waals surface area contributed by atoms with E-state index in [9.17, 15) is 0 Å². The number of ether oxygens (including phenoxy) is 1. The monoisotopic (exact) mass is 198 g/mol. The Morgan fingerprint density at radius 1 is 1.77 bits per heavy atom. The zero-order valence-corrected chi connectivity index (χ0v) is 8.51. The standard InChI is InChI=1S/C9H14N2OS/c1-2-12-8(6-3-4-6)9-11-7(10)5-13-9/h5-6,8H,2-4,10H2,1H3. The predicted molar refractivity (Wildman–Crippen MR) is 53.6 cm³/mol. The molecule has 72 valence electrons. The maximum absolute atomic E-state index is 5.66. The first kappa shape index (κ1) is 8.97. The normalized spacial score (nSPS) is 18.8. The molecule has 1 aliphatic rings. The van der Waals surface area contributed by atoms with Crippen molar-refractivity contribution in [3.05, 3.63) is 10.4 Å². The van der Waals surface area contributed by atoms with Crippen molar-refractivity contribution in [3.63, 3.8) is 0 Å². The Morgan fingerprint density at radius 2 is 2.54 bits per heavy atom. The Kier molecular flexibility index (Phi) is 2.51. The lowest BCUT2D eigenvalue weighted by Crippen LogP contribution is -2.06. The molecule has 0 aromatic carbocycles. The van der Waals surface area contributed by atoms with Crippen molar-refractivity contribution in [3.8, 4) is 0 Å². The van der Waals surface area contributed by atoms with Gasteiger partial charge >= 0.3 is 0 Å². The van der Waals surface area contributed by atoms with Crippen LogP contribution in [0.4, 0.5) is 5.82 Å².